The van der Waals surface area contributed by atoms with Gasteiger partial charge in [0, 0.05) is 23.0 Å². The molecule has 0 bridgehead atoms. The maximum Gasteiger partial charge on any atom is 0.416 e. The van der Waals surface area contributed by atoms with Gasteiger partial charge < -0.3 is 5.32 Å². The van der Waals surface area contributed by atoms with E-state index in [1.807, 2.05) is 0 Å². The van der Waals surface area contributed by atoms with E-state index in [2.05, 4.69) is 15.5 Å². The highest BCUT2D eigenvalue weighted by atomic mass is 35.5. The highest BCUT2D eigenvalue weighted by Gasteiger charge is 2.40. The van der Waals surface area contributed by atoms with Crippen LogP contribution in [0.5, 0.6) is 0 Å². The summed E-state index contributed by atoms with van der Waals surface area (Å²) in [6, 6.07) is 8.81. The topological polar surface area (TPSA) is 78.1 Å². The maximum atomic E-state index is 13.8. The molecular formula is C24H20ClF3N4O2S. The smallest absolute Gasteiger partial charge is 0.312 e. The van der Waals surface area contributed by atoms with Crippen LogP contribution in [0.15, 0.2) is 47.5 Å². The summed E-state index contributed by atoms with van der Waals surface area (Å²) >= 11 is 6.63. The van der Waals surface area contributed by atoms with Gasteiger partial charge in [-0.2, -0.15) is 18.3 Å². The third-order valence-electron chi connectivity index (χ3n) is 6.22. The monoisotopic (exact) mass is 520 g/mol. The molecular weight excluding hydrogens is 501 g/mol. The Labute approximate surface area is 207 Å². The summed E-state index contributed by atoms with van der Waals surface area (Å²) in [5.41, 5.74) is 0.739. The fraction of sp³-hybridized carbons (Fsp3) is 0.292. The van der Waals surface area contributed by atoms with Crippen molar-refractivity contribution in [2.24, 2.45) is 0 Å². The third-order valence-corrected chi connectivity index (χ3v) is 7.48. The molecule has 2 aliphatic rings. The molecule has 2 N–H and O–H groups in total. The number of nitrogens with one attached hydrogen (secondary N) is 2. The number of carbonyl (C=O) groups excluding carboxylic acids is 2. The molecule has 0 spiro atoms. The lowest BCUT2D eigenvalue weighted by molar-refractivity contribution is -0.138. The average molecular weight is 521 g/mol. The normalized spacial score (nSPS) is 20.3. The van der Waals surface area contributed by atoms with E-state index in [-0.39, 0.29) is 34.5 Å². The number of H-pyrrole nitrogens is 1. The van der Waals surface area contributed by atoms with Gasteiger partial charge in [0.25, 0.3) is 11.1 Å². The summed E-state index contributed by atoms with van der Waals surface area (Å²) in [6.45, 7) is 1.06. The molecule has 2 fully saturated rings. The molecule has 0 radical (unpaired) electrons. The van der Waals surface area contributed by atoms with Gasteiger partial charge in [0.2, 0.25) is 0 Å². The van der Waals surface area contributed by atoms with E-state index in [1.165, 1.54) is 17.0 Å². The lowest BCUT2D eigenvalue weighted by atomic mass is 9.93. The van der Waals surface area contributed by atoms with E-state index < -0.39 is 22.9 Å². The Morgan fingerprint density at radius 1 is 1.20 bits per heavy atom. The molecule has 3 aromatic rings. The predicted molar refractivity (Wildman–Crippen MR) is 129 cm³/mol. The quantitative estimate of drug-likeness (QED) is 0.426. The molecule has 0 unspecified atom stereocenters. The number of nitrogens with zero attached hydrogens (tertiary/aromatic N) is 2. The zero-order chi connectivity index (χ0) is 24.7. The summed E-state index contributed by atoms with van der Waals surface area (Å²) in [5.74, 6) is -0.487. The molecule has 182 valence electrons. The highest BCUT2D eigenvalue weighted by Crippen LogP contribution is 2.41. The first kappa shape index (κ1) is 23.9. The number of halogens is 4. The summed E-state index contributed by atoms with van der Waals surface area (Å²) in [4.78, 5) is 27.5. The van der Waals surface area contributed by atoms with Crippen LogP contribution < -0.4 is 5.32 Å². The number of hydrogen-bond donors (Lipinski definition) is 2. The van der Waals surface area contributed by atoms with Crippen LogP contribution in [0.4, 0.5) is 18.0 Å². The molecule has 0 aliphatic carbocycles. The van der Waals surface area contributed by atoms with Crippen LogP contribution in [0.1, 0.15) is 29.5 Å². The molecule has 35 heavy (non-hydrogen) atoms. The van der Waals surface area contributed by atoms with E-state index >= 15 is 0 Å². The molecule has 5 rings (SSSR count). The Balaban J connectivity index is 1.60. The van der Waals surface area contributed by atoms with Crippen molar-refractivity contribution in [1.29, 1.82) is 0 Å². The van der Waals surface area contributed by atoms with Crippen LogP contribution in [0.3, 0.4) is 0 Å². The number of carbonyl (C=O) groups is 2. The number of fused-ring (bicyclic) bond motifs is 1. The molecule has 2 saturated heterocycles. The van der Waals surface area contributed by atoms with Crippen LogP contribution in [-0.4, -0.2) is 45.4 Å². The zero-order valence-corrected chi connectivity index (χ0v) is 19.9. The van der Waals surface area contributed by atoms with Gasteiger partial charge in [0.05, 0.1) is 22.2 Å². The molecule has 6 nitrogen and oxygen atoms in total. The Hall–Kier alpha value is -2.82. The molecule has 2 aromatic carbocycles. The Morgan fingerprint density at radius 3 is 2.77 bits per heavy atom. The van der Waals surface area contributed by atoms with Crippen molar-refractivity contribution in [2.75, 3.05) is 13.1 Å². The van der Waals surface area contributed by atoms with Crippen molar-refractivity contribution in [2.45, 2.75) is 31.5 Å². The standard InChI is InChI=1S/C24H20ClF3N4O2S/c25-16-5-3-14(19(10-16)24(26,27)28)9-18(13-4-6-20-15(8-13)11-30-31-20)21-22(33)32(23(34)35-21)12-17-2-1-7-29-17/h3-6,8,10-11,17,29H,1-2,7,9,12H2,(H,30,31)/b21-18-/t17-/m1/s1. The maximum absolute atomic E-state index is 13.8. The number of amides is 2. The third kappa shape index (κ3) is 4.82. The number of allylic oxidation sites excluding steroid dienone is 1. The first-order chi connectivity index (χ1) is 16.7. The van der Waals surface area contributed by atoms with Gasteiger partial charge in [-0.15, -0.1) is 0 Å². The van der Waals surface area contributed by atoms with Crippen LogP contribution in [0.2, 0.25) is 5.02 Å². The molecule has 3 heterocycles. The number of imide groups is 1. The van der Waals surface area contributed by atoms with Crippen molar-refractivity contribution in [3.63, 3.8) is 0 Å². The number of aromatic amines is 1. The van der Waals surface area contributed by atoms with Crippen LogP contribution in [0.25, 0.3) is 16.5 Å². The summed E-state index contributed by atoms with van der Waals surface area (Å²) < 4.78 is 41.5. The van der Waals surface area contributed by atoms with Gasteiger partial charge in [-0.05, 0) is 78.5 Å². The van der Waals surface area contributed by atoms with Crippen LogP contribution >= 0.6 is 23.4 Å². The number of hydrogen-bond acceptors (Lipinski definition) is 5. The minimum Gasteiger partial charge on any atom is -0.312 e. The van der Waals surface area contributed by atoms with E-state index in [0.717, 1.165) is 48.1 Å². The Morgan fingerprint density at radius 2 is 2.03 bits per heavy atom. The SMILES string of the molecule is O=C1S/C(=C(/Cc2ccc(Cl)cc2C(F)(F)F)c2ccc3[nH]ncc3c2)C(=O)N1C[C@H]1CCCN1. The molecule has 2 aliphatic heterocycles. The number of aromatic nitrogens is 2. The van der Waals surface area contributed by atoms with Crippen molar-refractivity contribution in [3.8, 4) is 0 Å². The van der Waals surface area contributed by atoms with Gasteiger partial charge in [0.15, 0.2) is 0 Å². The number of thioether (sulfide) groups is 1. The highest BCUT2D eigenvalue weighted by molar-refractivity contribution is 8.18. The molecule has 11 heteroatoms. The average Bonchev–Trinajstić information content (AvgIpc) is 3.55. The van der Waals surface area contributed by atoms with Crippen LogP contribution in [0, 0.1) is 0 Å². The largest absolute Gasteiger partial charge is 0.416 e. The summed E-state index contributed by atoms with van der Waals surface area (Å²) in [7, 11) is 0. The van der Waals surface area contributed by atoms with Crippen molar-refractivity contribution < 1.29 is 22.8 Å². The van der Waals surface area contributed by atoms with E-state index in [0.29, 0.717) is 11.1 Å². The second-order valence-electron chi connectivity index (χ2n) is 8.53. The van der Waals surface area contributed by atoms with Gasteiger partial charge >= 0.3 is 6.18 Å². The van der Waals surface area contributed by atoms with Crippen molar-refractivity contribution in [3.05, 3.63) is 69.2 Å². The van der Waals surface area contributed by atoms with Crippen LogP contribution in [-0.2, 0) is 17.4 Å². The van der Waals surface area contributed by atoms with Gasteiger partial charge in [-0.3, -0.25) is 19.6 Å². The predicted octanol–water partition coefficient (Wildman–Crippen LogP) is 5.64. The molecule has 0 saturated carbocycles. The minimum absolute atomic E-state index is 0.0154. The zero-order valence-electron chi connectivity index (χ0n) is 18.3. The first-order valence-electron chi connectivity index (χ1n) is 11.0. The van der Waals surface area contributed by atoms with Gasteiger partial charge in [0.1, 0.15) is 0 Å². The lowest BCUT2D eigenvalue weighted by Gasteiger charge is -2.19. The first-order valence-corrected chi connectivity index (χ1v) is 12.2. The van der Waals surface area contributed by atoms with Gasteiger partial charge in [-0.25, -0.2) is 0 Å². The fourth-order valence-corrected chi connectivity index (χ4v) is 5.60. The summed E-state index contributed by atoms with van der Waals surface area (Å²) in [5, 5.41) is 10.4. The minimum atomic E-state index is -4.63. The van der Waals surface area contributed by atoms with Gasteiger partial charge in [-0.1, -0.05) is 23.7 Å². The van der Waals surface area contributed by atoms with Crippen molar-refractivity contribution >= 4 is 51.0 Å². The molecule has 2 amide bonds. The Bertz CT molecular complexity index is 1350. The number of alkyl halides is 3. The summed E-state index contributed by atoms with van der Waals surface area (Å²) in [6.07, 6.45) is -1.43. The second-order valence-corrected chi connectivity index (χ2v) is 9.93. The van der Waals surface area contributed by atoms with E-state index in [1.54, 1.807) is 24.4 Å². The number of benzene rings is 2. The lowest BCUT2D eigenvalue weighted by Crippen LogP contribution is -2.39. The molecule has 1 aromatic heterocycles. The fourth-order valence-electron chi connectivity index (χ4n) is 4.47. The van der Waals surface area contributed by atoms with Crippen molar-refractivity contribution in [1.82, 2.24) is 20.4 Å². The Kier molecular flexibility index (Phi) is 6.37. The molecule has 1 atom stereocenters. The van der Waals surface area contributed by atoms with E-state index in [4.69, 9.17) is 11.6 Å². The number of rotatable bonds is 5. The van der Waals surface area contributed by atoms with E-state index in [9.17, 15) is 22.8 Å². The second kappa shape index (κ2) is 9.33.